The fourth-order valence-electron chi connectivity index (χ4n) is 2.37. The molecule has 6 heteroatoms. The van der Waals surface area contributed by atoms with Gasteiger partial charge in [0.2, 0.25) is 0 Å². The number of rotatable bonds is 6. The third-order valence-electron chi connectivity index (χ3n) is 3.55. The molecule has 0 aromatic heterocycles. The van der Waals surface area contributed by atoms with Gasteiger partial charge in [-0.05, 0) is 60.7 Å². The first kappa shape index (κ1) is 16.0. The molecule has 1 atom stereocenters. The van der Waals surface area contributed by atoms with Crippen LogP contribution in [0.15, 0.2) is 24.3 Å². The maximum Gasteiger partial charge on any atom is 0.151 e. The van der Waals surface area contributed by atoms with E-state index in [9.17, 15) is 8.42 Å². The van der Waals surface area contributed by atoms with Gasteiger partial charge in [-0.2, -0.15) is 0 Å². The second-order valence-corrected chi connectivity index (χ2v) is 8.67. The molecule has 0 bridgehead atoms. The van der Waals surface area contributed by atoms with Crippen molar-refractivity contribution >= 4 is 32.4 Å². The van der Waals surface area contributed by atoms with Gasteiger partial charge in [-0.25, -0.2) is 8.42 Å². The average Bonchev–Trinajstić information content (AvgIpc) is 2.75. The van der Waals surface area contributed by atoms with Crippen molar-refractivity contribution in [3.8, 4) is 5.75 Å². The van der Waals surface area contributed by atoms with Crippen molar-refractivity contribution in [3.05, 3.63) is 27.8 Å². The molecule has 4 nitrogen and oxygen atoms in total. The van der Waals surface area contributed by atoms with Crippen LogP contribution in [0, 0.1) is 3.57 Å². The summed E-state index contributed by atoms with van der Waals surface area (Å²) in [5, 5.41) is 0. The van der Waals surface area contributed by atoms with Crippen LogP contribution in [0.25, 0.3) is 0 Å². The van der Waals surface area contributed by atoms with E-state index in [2.05, 4.69) is 27.5 Å². The molecule has 0 spiro atoms. The minimum Gasteiger partial charge on any atom is -0.494 e. The van der Waals surface area contributed by atoms with E-state index in [0.717, 1.165) is 28.7 Å². The van der Waals surface area contributed by atoms with Crippen molar-refractivity contribution in [2.45, 2.75) is 18.9 Å². The first-order valence-electron chi connectivity index (χ1n) is 6.75. The summed E-state index contributed by atoms with van der Waals surface area (Å²) in [6.07, 6.45) is 1.66. The summed E-state index contributed by atoms with van der Waals surface area (Å²) in [6, 6.07) is 8.15. The number of nitrogens with zero attached hydrogens (tertiary/aromatic N) is 1. The van der Waals surface area contributed by atoms with Crippen molar-refractivity contribution in [1.82, 2.24) is 4.90 Å². The maximum atomic E-state index is 11.4. The number of hydrogen-bond donors (Lipinski definition) is 0. The lowest BCUT2D eigenvalue weighted by Crippen LogP contribution is -2.34. The summed E-state index contributed by atoms with van der Waals surface area (Å²) in [5.41, 5.74) is 0. The van der Waals surface area contributed by atoms with Gasteiger partial charge < -0.3 is 9.64 Å². The van der Waals surface area contributed by atoms with Crippen LogP contribution >= 0.6 is 22.6 Å². The lowest BCUT2D eigenvalue weighted by molar-refractivity contribution is 0.227. The smallest absolute Gasteiger partial charge is 0.151 e. The molecule has 1 saturated heterocycles. The molecule has 0 unspecified atom stereocenters. The molecule has 1 aromatic rings. The average molecular weight is 409 g/mol. The number of halogens is 1. The number of benzene rings is 1. The van der Waals surface area contributed by atoms with Crippen LogP contribution in [0.5, 0.6) is 5.75 Å². The van der Waals surface area contributed by atoms with Gasteiger partial charge in [0, 0.05) is 16.2 Å². The highest BCUT2D eigenvalue weighted by atomic mass is 127. The zero-order chi connectivity index (χ0) is 14.6. The fourth-order valence-corrected chi connectivity index (χ4v) is 4.69. The third-order valence-corrected chi connectivity index (χ3v) is 5.97. The van der Waals surface area contributed by atoms with Gasteiger partial charge in [-0.3, -0.25) is 0 Å². The molecule has 112 valence electrons. The highest BCUT2D eigenvalue weighted by Crippen LogP contribution is 2.17. The van der Waals surface area contributed by atoms with Gasteiger partial charge in [-0.1, -0.05) is 6.07 Å². The molecule has 2 rings (SSSR count). The van der Waals surface area contributed by atoms with E-state index in [1.54, 1.807) is 0 Å². The Morgan fingerprint density at radius 1 is 1.45 bits per heavy atom. The zero-order valence-electron chi connectivity index (χ0n) is 11.6. The van der Waals surface area contributed by atoms with Crippen molar-refractivity contribution in [2.75, 3.05) is 31.7 Å². The molecular weight excluding hydrogens is 389 g/mol. The molecule has 0 N–H and O–H groups in total. The largest absolute Gasteiger partial charge is 0.494 e. The Hall–Kier alpha value is -0.340. The van der Waals surface area contributed by atoms with Gasteiger partial charge in [-0.15, -0.1) is 0 Å². The van der Waals surface area contributed by atoms with E-state index in [1.807, 2.05) is 31.3 Å². The molecule has 0 aliphatic carbocycles. The number of ether oxygens (including phenoxy) is 1. The highest BCUT2D eigenvalue weighted by molar-refractivity contribution is 14.1. The number of sulfone groups is 1. The van der Waals surface area contributed by atoms with E-state index in [1.165, 1.54) is 0 Å². The van der Waals surface area contributed by atoms with Gasteiger partial charge in [0.1, 0.15) is 5.75 Å². The SMILES string of the molecule is CN(CCCOc1cccc(I)c1)[C@@H]1CCS(=O)(=O)C1. The highest BCUT2D eigenvalue weighted by Gasteiger charge is 2.30. The summed E-state index contributed by atoms with van der Waals surface area (Å²) in [5.74, 6) is 1.53. The molecule has 20 heavy (non-hydrogen) atoms. The molecule has 0 radical (unpaired) electrons. The second-order valence-electron chi connectivity index (χ2n) is 5.20. The molecule has 0 amide bonds. The zero-order valence-corrected chi connectivity index (χ0v) is 14.6. The van der Waals surface area contributed by atoms with Crippen molar-refractivity contribution in [1.29, 1.82) is 0 Å². The van der Waals surface area contributed by atoms with Crippen LogP contribution in [0.4, 0.5) is 0 Å². The standard InChI is InChI=1S/C14H20INO3S/c1-16(13-6-9-20(17,18)11-13)7-3-8-19-14-5-2-4-12(15)10-14/h2,4-5,10,13H,3,6-9,11H2,1H3/t13-/m1/s1. The lowest BCUT2D eigenvalue weighted by atomic mass is 10.2. The Balaban J connectivity index is 1.68. The van der Waals surface area contributed by atoms with Crippen LogP contribution in [0.3, 0.4) is 0 Å². The van der Waals surface area contributed by atoms with Crippen molar-refractivity contribution in [2.24, 2.45) is 0 Å². The van der Waals surface area contributed by atoms with Gasteiger partial charge in [0.25, 0.3) is 0 Å². The lowest BCUT2D eigenvalue weighted by Gasteiger charge is -2.22. The first-order valence-corrected chi connectivity index (χ1v) is 9.65. The minimum absolute atomic E-state index is 0.178. The second kappa shape index (κ2) is 7.09. The Labute approximate surface area is 134 Å². The molecule has 1 aliphatic heterocycles. The maximum absolute atomic E-state index is 11.4. The first-order chi connectivity index (χ1) is 9.46. The summed E-state index contributed by atoms with van der Waals surface area (Å²) in [7, 11) is -0.796. The molecule has 1 heterocycles. The Morgan fingerprint density at radius 2 is 2.25 bits per heavy atom. The number of hydrogen-bond acceptors (Lipinski definition) is 4. The molecule has 1 fully saturated rings. The van der Waals surface area contributed by atoms with Crippen LogP contribution in [-0.2, 0) is 9.84 Å². The summed E-state index contributed by atoms with van der Waals surface area (Å²) >= 11 is 2.26. The van der Waals surface area contributed by atoms with Crippen LogP contribution in [0.2, 0.25) is 0 Å². The van der Waals surface area contributed by atoms with E-state index in [0.29, 0.717) is 18.1 Å². The topological polar surface area (TPSA) is 46.6 Å². The van der Waals surface area contributed by atoms with E-state index in [4.69, 9.17) is 4.74 Å². The van der Waals surface area contributed by atoms with Gasteiger partial charge in [0.15, 0.2) is 9.84 Å². The molecule has 1 aromatic carbocycles. The summed E-state index contributed by atoms with van der Waals surface area (Å²) < 4.78 is 29.7. The van der Waals surface area contributed by atoms with Gasteiger partial charge in [0.05, 0.1) is 18.1 Å². The Morgan fingerprint density at radius 3 is 2.90 bits per heavy atom. The Kier molecular flexibility index (Phi) is 5.68. The van der Waals surface area contributed by atoms with Crippen LogP contribution in [0.1, 0.15) is 12.8 Å². The third kappa shape index (κ3) is 4.89. The normalized spacial score (nSPS) is 21.2. The monoisotopic (exact) mass is 409 g/mol. The molecule has 1 aliphatic rings. The summed E-state index contributed by atoms with van der Waals surface area (Å²) in [4.78, 5) is 2.14. The van der Waals surface area contributed by atoms with Crippen LogP contribution in [-0.4, -0.2) is 51.1 Å². The van der Waals surface area contributed by atoms with E-state index >= 15 is 0 Å². The minimum atomic E-state index is -2.79. The molecular formula is C14H20INO3S. The van der Waals surface area contributed by atoms with E-state index < -0.39 is 9.84 Å². The Bertz CT molecular complexity index is 547. The summed E-state index contributed by atoms with van der Waals surface area (Å²) in [6.45, 7) is 1.52. The predicted octanol–water partition coefficient (Wildman–Crippen LogP) is 2.18. The molecule has 0 saturated carbocycles. The predicted molar refractivity (Wildman–Crippen MR) is 89.0 cm³/mol. The van der Waals surface area contributed by atoms with Crippen LogP contribution < -0.4 is 4.74 Å². The fraction of sp³-hybridized carbons (Fsp3) is 0.571. The quantitative estimate of drug-likeness (QED) is 0.534. The van der Waals surface area contributed by atoms with E-state index in [-0.39, 0.29) is 6.04 Å². The van der Waals surface area contributed by atoms with Gasteiger partial charge >= 0.3 is 0 Å². The van der Waals surface area contributed by atoms with Crippen molar-refractivity contribution in [3.63, 3.8) is 0 Å². The van der Waals surface area contributed by atoms with Crippen molar-refractivity contribution < 1.29 is 13.2 Å².